The van der Waals surface area contributed by atoms with Gasteiger partial charge in [0.15, 0.2) is 12.1 Å². The first-order chi connectivity index (χ1) is 14.8. The van der Waals surface area contributed by atoms with Crippen LogP contribution in [-0.2, 0) is 17.7 Å². The first kappa shape index (κ1) is 23.0. The topological polar surface area (TPSA) is 109 Å². The number of rotatable bonds is 9. The van der Waals surface area contributed by atoms with Crippen LogP contribution in [0.4, 0.5) is 0 Å². The molecule has 3 aromatic rings. The first-order valence-corrected chi connectivity index (χ1v) is 10.2. The van der Waals surface area contributed by atoms with E-state index in [-0.39, 0.29) is 30.1 Å². The van der Waals surface area contributed by atoms with Crippen LogP contribution in [0.5, 0.6) is 0 Å². The summed E-state index contributed by atoms with van der Waals surface area (Å²) in [6.07, 6.45) is -0.301. The second-order valence-electron chi connectivity index (χ2n) is 7.28. The number of aromatic nitrogens is 1. The average molecular weight is 446 g/mol. The summed E-state index contributed by atoms with van der Waals surface area (Å²) < 4.78 is 6.94. The van der Waals surface area contributed by atoms with Crippen molar-refractivity contribution in [2.24, 2.45) is 0 Å². The van der Waals surface area contributed by atoms with Gasteiger partial charge in [0.2, 0.25) is 0 Å². The number of hydrogen-bond acceptors (Lipinski definition) is 5. The van der Waals surface area contributed by atoms with E-state index in [9.17, 15) is 24.9 Å². The molecule has 0 spiro atoms. The molecule has 0 amide bonds. The molecular formula is C23H24ClNO6. The van der Waals surface area contributed by atoms with Crippen molar-refractivity contribution in [3.63, 3.8) is 0 Å². The number of carbonyl (C=O) groups is 2. The van der Waals surface area contributed by atoms with Gasteiger partial charge in [0, 0.05) is 40.9 Å². The van der Waals surface area contributed by atoms with E-state index in [1.165, 1.54) is 19.2 Å². The fourth-order valence-electron chi connectivity index (χ4n) is 3.77. The smallest absolute Gasteiger partial charge is 0.335 e. The number of carboxylic acid groups (broad SMARTS) is 1. The number of aliphatic hydroxyl groups excluding tert-OH is 1. The molecule has 3 N–H and O–H groups in total. The van der Waals surface area contributed by atoms with Crippen molar-refractivity contribution >= 4 is 34.3 Å². The third-order valence-electron chi connectivity index (χ3n) is 5.16. The summed E-state index contributed by atoms with van der Waals surface area (Å²) in [5.41, 5.74) is 2.86. The monoisotopic (exact) mass is 445 g/mol. The van der Waals surface area contributed by atoms with E-state index >= 15 is 0 Å². The van der Waals surface area contributed by atoms with Crippen molar-refractivity contribution < 1.29 is 29.6 Å². The molecule has 0 aliphatic heterocycles. The van der Waals surface area contributed by atoms with Crippen molar-refractivity contribution in [1.82, 2.24) is 4.57 Å². The number of methoxy groups -OCH3 is 1. The van der Waals surface area contributed by atoms with Gasteiger partial charge in [0.1, 0.15) is 6.61 Å². The molecule has 7 nitrogen and oxygen atoms in total. The quantitative estimate of drug-likeness (QED) is 0.341. The maximum absolute atomic E-state index is 12.9. The lowest BCUT2D eigenvalue weighted by molar-refractivity contribution is -0.0425. The Morgan fingerprint density at radius 2 is 1.90 bits per heavy atom. The lowest BCUT2D eigenvalue weighted by Gasteiger charge is -2.15. The number of fused-ring (bicyclic) bond motifs is 1. The molecule has 0 unspecified atom stereocenters. The number of hydrogen-bond donors (Lipinski definition) is 3. The van der Waals surface area contributed by atoms with Crippen molar-refractivity contribution in [3.8, 4) is 0 Å². The molecule has 1 aromatic heterocycles. The lowest BCUT2D eigenvalue weighted by atomic mass is 10.0. The van der Waals surface area contributed by atoms with Crippen LogP contribution in [0.25, 0.3) is 10.9 Å². The zero-order chi connectivity index (χ0) is 22.7. The van der Waals surface area contributed by atoms with E-state index < -0.39 is 12.3 Å². The van der Waals surface area contributed by atoms with Gasteiger partial charge in [-0.3, -0.25) is 4.79 Å². The van der Waals surface area contributed by atoms with Crippen molar-refractivity contribution in [2.75, 3.05) is 13.7 Å². The van der Waals surface area contributed by atoms with Gasteiger partial charge >= 0.3 is 5.97 Å². The Hall–Kier alpha value is -2.71. The highest BCUT2D eigenvalue weighted by molar-refractivity contribution is 6.31. The molecule has 0 saturated heterocycles. The van der Waals surface area contributed by atoms with E-state index in [1.54, 1.807) is 24.3 Å². The van der Waals surface area contributed by atoms with Crippen LogP contribution >= 0.6 is 11.6 Å². The first-order valence-electron chi connectivity index (χ1n) is 9.83. The van der Waals surface area contributed by atoms with E-state index in [0.717, 1.165) is 12.1 Å². The third-order valence-corrected chi connectivity index (χ3v) is 5.53. The standard InChI is InChI=1S/C23H24ClNO6/c1-3-4-18-21(20(26)12-31-2)16-7-5-14(23(29)30)10-19(16)25(18)11-15-9-13(22(27)28)6-8-17(15)24/h5-10,22,27-28H,3-4,11-12H2,1-2H3,(H,29,30). The van der Waals surface area contributed by atoms with Crippen molar-refractivity contribution in [1.29, 1.82) is 0 Å². The molecule has 8 heteroatoms. The summed E-state index contributed by atoms with van der Waals surface area (Å²) in [5, 5.41) is 29.6. The van der Waals surface area contributed by atoms with Gasteiger partial charge in [-0.15, -0.1) is 0 Å². The highest BCUT2D eigenvalue weighted by atomic mass is 35.5. The number of carbonyl (C=O) groups excluding carboxylic acids is 1. The fourth-order valence-corrected chi connectivity index (χ4v) is 3.95. The summed E-state index contributed by atoms with van der Waals surface area (Å²) in [4.78, 5) is 24.5. The number of benzene rings is 2. The summed E-state index contributed by atoms with van der Waals surface area (Å²) in [6.45, 7) is 2.13. The Balaban J connectivity index is 2.28. The zero-order valence-corrected chi connectivity index (χ0v) is 18.0. The van der Waals surface area contributed by atoms with Gasteiger partial charge in [0.05, 0.1) is 11.1 Å². The normalized spacial score (nSPS) is 11.4. The molecule has 0 bridgehead atoms. The number of aromatic carboxylic acids is 1. The predicted molar refractivity (Wildman–Crippen MR) is 117 cm³/mol. The second kappa shape index (κ2) is 9.62. The van der Waals surface area contributed by atoms with Crippen LogP contribution < -0.4 is 0 Å². The predicted octanol–water partition coefficient (Wildman–Crippen LogP) is 3.81. The Labute approximate surface area is 184 Å². The van der Waals surface area contributed by atoms with Gasteiger partial charge in [-0.25, -0.2) is 4.79 Å². The molecule has 0 saturated carbocycles. The minimum Gasteiger partial charge on any atom is -0.478 e. The number of aliphatic hydroxyl groups is 2. The molecule has 0 radical (unpaired) electrons. The Morgan fingerprint density at radius 3 is 2.52 bits per heavy atom. The average Bonchev–Trinajstić information content (AvgIpc) is 3.02. The van der Waals surface area contributed by atoms with Gasteiger partial charge < -0.3 is 24.6 Å². The van der Waals surface area contributed by atoms with E-state index in [1.807, 2.05) is 11.5 Å². The lowest BCUT2D eigenvalue weighted by Crippen LogP contribution is -2.12. The minimum atomic E-state index is -1.65. The Morgan fingerprint density at radius 1 is 1.16 bits per heavy atom. The summed E-state index contributed by atoms with van der Waals surface area (Å²) >= 11 is 6.37. The minimum absolute atomic E-state index is 0.0938. The molecule has 164 valence electrons. The van der Waals surface area contributed by atoms with Gasteiger partial charge in [-0.1, -0.05) is 37.1 Å². The molecule has 1 heterocycles. The van der Waals surface area contributed by atoms with Crippen LogP contribution in [-0.4, -0.2) is 45.4 Å². The Kier molecular flexibility index (Phi) is 7.12. The highest BCUT2D eigenvalue weighted by Gasteiger charge is 2.23. The number of nitrogens with zero attached hydrogens (tertiary/aromatic N) is 1. The van der Waals surface area contributed by atoms with Crippen LogP contribution in [0.2, 0.25) is 5.02 Å². The zero-order valence-electron chi connectivity index (χ0n) is 17.3. The van der Waals surface area contributed by atoms with E-state index in [4.69, 9.17) is 16.3 Å². The van der Waals surface area contributed by atoms with Crippen molar-refractivity contribution in [3.05, 3.63) is 69.4 Å². The molecule has 2 aromatic carbocycles. The maximum Gasteiger partial charge on any atom is 0.335 e. The third kappa shape index (κ3) is 4.65. The SMILES string of the molecule is CCCc1c(C(=O)COC)c2ccc(C(=O)O)cc2n1Cc1cc(C(O)O)ccc1Cl. The summed E-state index contributed by atoms with van der Waals surface area (Å²) in [6, 6.07) is 9.35. The van der Waals surface area contributed by atoms with Crippen molar-refractivity contribution in [2.45, 2.75) is 32.6 Å². The number of ketones is 1. The molecule has 0 fully saturated rings. The maximum atomic E-state index is 12.9. The van der Waals surface area contributed by atoms with Crippen LogP contribution in [0.15, 0.2) is 36.4 Å². The van der Waals surface area contributed by atoms with Crippen LogP contribution in [0.1, 0.15) is 57.2 Å². The summed E-state index contributed by atoms with van der Waals surface area (Å²) in [5.74, 6) is -1.26. The van der Waals surface area contributed by atoms with Gasteiger partial charge in [-0.05, 0) is 36.2 Å². The van der Waals surface area contributed by atoms with Gasteiger partial charge in [0.25, 0.3) is 0 Å². The van der Waals surface area contributed by atoms with E-state index in [2.05, 4.69) is 0 Å². The van der Waals surface area contributed by atoms with E-state index in [0.29, 0.717) is 33.5 Å². The molecule has 0 aliphatic carbocycles. The van der Waals surface area contributed by atoms with Gasteiger partial charge in [-0.2, -0.15) is 0 Å². The second-order valence-corrected chi connectivity index (χ2v) is 7.68. The largest absolute Gasteiger partial charge is 0.478 e. The van der Waals surface area contributed by atoms with Crippen LogP contribution in [0, 0.1) is 0 Å². The highest BCUT2D eigenvalue weighted by Crippen LogP contribution is 2.31. The number of ether oxygens (including phenoxy) is 1. The Bertz CT molecular complexity index is 1130. The molecular weight excluding hydrogens is 422 g/mol. The van der Waals surface area contributed by atoms with Crippen LogP contribution in [0.3, 0.4) is 0 Å². The molecule has 0 aliphatic rings. The number of Topliss-reactive ketones (excluding diaryl/α,β-unsaturated/α-hetero) is 1. The molecule has 3 rings (SSSR count). The summed E-state index contributed by atoms with van der Waals surface area (Å²) in [7, 11) is 1.45. The molecule has 0 atom stereocenters. The number of carboxylic acids is 1. The molecule has 31 heavy (non-hydrogen) atoms. The fraction of sp³-hybridized carbons (Fsp3) is 0.304. The number of halogens is 1.